The normalized spacial score (nSPS) is 30.1. The van der Waals surface area contributed by atoms with Crippen LogP contribution in [0.15, 0.2) is 18.2 Å². The smallest absolute Gasteiger partial charge is 0.160 e. The van der Waals surface area contributed by atoms with Crippen LogP contribution in [-0.2, 0) is 16.0 Å². The predicted octanol–water partition coefficient (Wildman–Crippen LogP) is 0.163. The first kappa shape index (κ1) is 18.7. The Balaban J connectivity index is 1.89. The summed E-state index contributed by atoms with van der Waals surface area (Å²) in [4.78, 5) is 12.1. The average molecular weight is 340 g/mol. The Morgan fingerprint density at radius 3 is 2.58 bits per heavy atom. The van der Waals surface area contributed by atoms with Gasteiger partial charge in [-0.1, -0.05) is 6.07 Å². The molecule has 1 aromatic carbocycles. The fourth-order valence-electron chi connectivity index (χ4n) is 2.79. The van der Waals surface area contributed by atoms with Gasteiger partial charge in [0.2, 0.25) is 0 Å². The van der Waals surface area contributed by atoms with Gasteiger partial charge in [-0.15, -0.1) is 0 Å². The maximum atomic E-state index is 12.1. The number of aryl methyl sites for hydroxylation is 1. The van der Waals surface area contributed by atoms with Gasteiger partial charge < -0.3 is 29.9 Å². The summed E-state index contributed by atoms with van der Waals surface area (Å²) in [5.41, 5.74) is 0.840. The van der Waals surface area contributed by atoms with Crippen molar-refractivity contribution in [2.75, 3.05) is 7.11 Å². The Labute approximate surface area is 140 Å². The van der Waals surface area contributed by atoms with Gasteiger partial charge in [0.15, 0.2) is 11.5 Å². The Hall–Kier alpha value is -1.67. The van der Waals surface area contributed by atoms with Crippen LogP contribution in [0.3, 0.4) is 0 Å². The number of carbonyl (C=O) groups excluding carboxylic acids is 1. The molecule has 0 bridgehead atoms. The number of phenolic OH excluding ortho intramolecular Hbond substituents is 1. The molecular formula is C17H24O7. The molecule has 1 heterocycles. The van der Waals surface area contributed by atoms with E-state index in [9.17, 15) is 25.2 Å². The van der Waals surface area contributed by atoms with Crippen molar-refractivity contribution in [2.24, 2.45) is 0 Å². The van der Waals surface area contributed by atoms with Crippen LogP contribution in [0.5, 0.6) is 11.5 Å². The number of phenols is 1. The second-order valence-electron chi connectivity index (χ2n) is 6.10. The largest absolute Gasteiger partial charge is 0.504 e. The number of methoxy groups -OCH3 is 1. The number of carbonyl (C=O) groups is 1. The number of Topliss-reactive ketones (excluding diaryl/α,β-unsaturated/α-hetero) is 1. The van der Waals surface area contributed by atoms with E-state index in [1.54, 1.807) is 19.1 Å². The lowest BCUT2D eigenvalue weighted by Gasteiger charge is -2.39. The van der Waals surface area contributed by atoms with E-state index in [4.69, 9.17) is 9.47 Å². The van der Waals surface area contributed by atoms with Crippen LogP contribution >= 0.6 is 0 Å². The molecule has 1 fully saturated rings. The molecule has 1 aromatic rings. The molecule has 1 aliphatic heterocycles. The van der Waals surface area contributed by atoms with Crippen molar-refractivity contribution in [1.82, 2.24) is 0 Å². The van der Waals surface area contributed by atoms with Gasteiger partial charge in [0.25, 0.3) is 0 Å². The van der Waals surface area contributed by atoms with Crippen molar-refractivity contribution >= 4 is 5.78 Å². The number of benzene rings is 1. The zero-order chi connectivity index (χ0) is 17.9. The number of hydrogen-bond acceptors (Lipinski definition) is 7. The fraction of sp³-hybridized carbons (Fsp3) is 0.588. The van der Waals surface area contributed by atoms with E-state index in [1.807, 2.05) is 0 Å². The van der Waals surface area contributed by atoms with Crippen LogP contribution in [-0.4, -0.2) is 63.8 Å². The molecule has 0 radical (unpaired) electrons. The third kappa shape index (κ3) is 4.24. The molecule has 0 saturated carbocycles. The molecule has 0 spiro atoms. The van der Waals surface area contributed by atoms with Gasteiger partial charge in [0, 0.05) is 12.8 Å². The van der Waals surface area contributed by atoms with Gasteiger partial charge >= 0.3 is 0 Å². The highest BCUT2D eigenvalue weighted by Gasteiger charge is 2.42. The van der Waals surface area contributed by atoms with E-state index in [1.165, 1.54) is 13.2 Å². The summed E-state index contributed by atoms with van der Waals surface area (Å²) in [6.45, 7) is 1.58. The summed E-state index contributed by atoms with van der Waals surface area (Å²) >= 11 is 0. The molecule has 1 unspecified atom stereocenters. The van der Waals surface area contributed by atoms with E-state index in [0.717, 1.165) is 5.56 Å². The van der Waals surface area contributed by atoms with Gasteiger partial charge in [0.05, 0.1) is 19.3 Å². The molecule has 0 aliphatic carbocycles. The monoisotopic (exact) mass is 340 g/mol. The topological polar surface area (TPSA) is 116 Å². The van der Waals surface area contributed by atoms with Crippen LogP contribution < -0.4 is 4.74 Å². The lowest BCUT2D eigenvalue weighted by molar-refractivity contribution is -0.217. The minimum absolute atomic E-state index is 0.0350. The Kier molecular flexibility index (Phi) is 6.17. The highest BCUT2D eigenvalue weighted by molar-refractivity contribution is 5.79. The summed E-state index contributed by atoms with van der Waals surface area (Å²) in [5, 5.41) is 38.9. The quantitative estimate of drug-likeness (QED) is 0.583. The van der Waals surface area contributed by atoms with Crippen LogP contribution in [0.2, 0.25) is 0 Å². The van der Waals surface area contributed by atoms with Crippen LogP contribution in [0, 0.1) is 0 Å². The maximum absolute atomic E-state index is 12.1. The highest BCUT2D eigenvalue weighted by Crippen LogP contribution is 2.27. The molecule has 7 nitrogen and oxygen atoms in total. The van der Waals surface area contributed by atoms with E-state index < -0.39 is 30.5 Å². The van der Waals surface area contributed by atoms with Crippen LogP contribution in [0.1, 0.15) is 25.3 Å². The molecular weight excluding hydrogens is 316 g/mol. The van der Waals surface area contributed by atoms with E-state index >= 15 is 0 Å². The molecule has 1 saturated heterocycles. The van der Waals surface area contributed by atoms with Crippen molar-refractivity contribution in [3.05, 3.63) is 23.8 Å². The summed E-state index contributed by atoms with van der Waals surface area (Å²) in [6.07, 6.45) is -4.63. The zero-order valence-electron chi connectivity index (χ0n) is 13.8. The van der Waals surface area contributed by atoms with Gasteiger partial charge in [-0.25, -0.2) is 0 Å². The number of aliphatic hydroxyl groups excluding tert-OH is 3. The van der Waals surface area contributed by atoms with Crippen molar-refractivity contribution in [2.45, 2.75) is 56.7 Å². The Bertz CT molecular complexity index is 574. The Morgan fingerprint density at radius 2 is 1.92 bits per heavy atom. The molecule has 0 amide bonds. The van der Waals surface area contributed by atoms with Crippen LogP contribution in [0.4, 0.5) is 0 Å². The molecule has 7 heteroatoms. The van der Waals surface area contributed by atoms with E-state index in [-0.39, 0.29) is 24.4 Å². The number of aromatic hydroxyl groups is 1. The minimum atomic E-state index is -1.33. The minimum Gasteiger partial charge on any atom is -0.504 e. The third-order valence-corrected chi connectivity index (χ3v) is 4.32. The zero-order valence-corrected chi connectivity index (χ0v) is 13.8. The fourth-order valence-corrected chi connectivity index (χ4v) is 2.79. The third-order valence-electron chi connectivity index (χ3n) is 4.32. The lowest BCUT2D eigenvalue weighted by atomic mass is 9.92. The number of ether oxygens (including phenoxy) is 2. The standard InChI is InChI=1S/C17H24O7/c1-9-15(20)17(22)16(21)14(24-9)8-11(18)5-3-10-4-6-12(19)13(7-10)23-2/h4,6-7,9,14-17,19-22H,3,5,8H2,1-2H3/t9-,14-,15?,16-,17+/m0/s1. The maximum Gasteiger partial charge on any atom is 0.160 e. The summed E-state index contributed by atoms with van der Waals surface area (Å²) in [7, 11) is 1.45. The van der Waals surface area contributed by atoms with E-state index in [2.05, 4.69) is 0 Å². The second kappa shape index (κ2) is 7.94. The summed E-state index contributed by atoms with van der Waals surface area (Å²) in [6, 6.07) is 4.88. The van der Waals surface area contributed by atoms with Gasteiger partial charge in [-0.2, -0.15) is 0 Å². The van der Waals surface area contributed by atoms with E-state index in [0.29, 0.717) is 12.2 Å². The first-order valence-electron chi connectivity index (χ1n) is 7.90. The Morgan fingerprint density at radius 1 is 1.21 bits per heavy atom. The number of aliphatic hydroxyl groups is 3. The van der Waals surface area contributed by atoms with Crippen molar-refractivity contribution in [1.29, 1.82) is 0 Å². The van der Waals surface area contributed by atoms with Gasteiger partial charge in [-0.3, -0.25) is 4.79 Å². The molecule has 134 valence electrons. The summed E-state index contributed by atoms with van der Waals surface area (Å²) < 4.78 is 10.4. The second-order valence-corrected chi connectivity index (χ2v) is 6.10. The number of hydrogen-bond donors (Lipinski definition) is 4. The molecule has 5 atom stereocenters. The van der Waals surface area contributed by atoms with Gasteiger partial charge in [0.1, 0.15) is 24.1 Å². The highest BCUT2D eigenvalue weighted by atomic mass is 16.5. The van der Waals surface area contributed by atoms with Crippen molar-refractivity contribution in [3.63, 3.8) is 0 Å². The van der Waals surface area contributed by atoms with Crippen molar-refractivity contribution < 1.29 is 34.7 Å². The summed E-state index contributed by atoms with van der Waals surface area (Å²) in [5.74, 6) is 0.256. The number of rotatable bonds is 6. The van der Waals surface area contributed by atoms with Crippen molar-refractivity contribution in [3.8, 4) is 11.5 Å². The molecule has 4 N–H and O–H groups in total. The lowest BCUT2D eigenvalue weighted by Crippen LogP contribution is -2.56. The van der Waals surface area contributed by atoms with Crippen LogP contribution in [0.25, 0.3) is 0 Å². The SMILES string of the molecule is COc1cc(CCC(=O)C[C@@H]2O[C@@H](C)C(O)[C@@H](O)[C@H]2O)ccc1O. The molecule has 24 heavy (non-hydrogen) atoms. The van der Waals surface area contributed by atoms with Gasteiger partial charge in [-0.05, 0) is 31.0 Å². The molecule has 2 rings (SSSR count). The first-order chi connectivity index (χ1) is 11.3. The first-order valence-corrected chi connectivity index (χ1v) is 7.90. The number of ketones is 1. The molecule has 0 aromatic heterocycles. The molecule has 1 aliphatic rings. The average Bonchev–Trinajstić information content (AvgIpc) is 2.57. The predicted molar refractivity (Wildman–Crippen MR) is 85.0 cm³/mol.